The molecule has 110 valence electrons. The van der Waals surface area contributed by atoms with Crippen LogP contribution < -0.4 is 0 Å². The third-order valence-electron chi connectivity index (χ3n) is 3.57. The summed E-state index contributed by atoms with van der Waals surface area (Å²) in [5.74, 6) is -1.62. The van der Waals surface area contributed by atoms with Crippen LogP contribution in [0.4, 0.5) is 10.1 Å². The Kier molecular flexibility index (Phi) is 4.17. The van der Waals surface area contributed by atoms with E-state index in [2.05, 4.69) is 6.07 Å². The molecule has 0 aliphatic carbocycles. The van der Waals surface area contributed by atoms with Gasteiger partial charge in [0.05, 0.1) is 22.5 Å². The Bertz CT molecular complexity index is 639. The van der Waals surface area contributed by atoms with Crippen LogP contribution in [0.5, 0.6) is 0 Å². The molecule has 0 spiro atoms. The van der Waals surface area contributed by atoms with Crippen LogP contribution in [0, 0.1) is 40.1 Å². The van der Waals surface area contributed by atoms with E-state index in [1.165, 1.54) is 11.8 Å². The first-order chi connectivity index (χ1) is 9.93. The number of carbonyl (C=O) groups is 1. The van der Waals surface area contributed by atoms with Crippen LogP contribution in [0.1, 0.15) is 28.8 Å². The van der Waals surface area contributed by atoms with Crippen molar-refractivity contribution >= 4 is 11.6 Å². The van der Waals surface area contributed by atoms with E-state index in [0.717, 1.165) is 12.1 Å². The van der Waals surface area contributed by atoms with Gasteiger partial charge in [0.15, 0.2) is 0 Å². The number of non-ortho nitro benzene ring substituents is 1. The number of carbonyl (C=O) groups excluding carboxylic acids is 1. The molecule has 0 radical (unpaired) electrons. The number of rotatable bonds is 2. The molecule has 1 fully saturated rings. The molecule has 1 atom stereocenters. The zero-order valence-corrected chi connectivity index (χ0v) is 11.5. The third-order valence-corrected chi connectivity index (χ3v) is 3.57. The van der Waals surface area contributed by atoms with E-state index in [1.807, 2.05) is 0 Å². The zero-order valence-electron chi connectivity index (χ0n) is 11.5. The van der Waals surface area contributed by atoms with Crippen molar-refractivity contribution in [1.82, 2.24) is 4.90 Å². The largest absolute Gasteiger partial charge is 0.337 e. The summed E-state index contributed by atoms with van der Waals surface area (Å²) in [6.07, 6.45) is 1.37. The number of hydrogen-bond acceptors (Lipinski definition) is 4. The van der Waals surface area contributed by atoms with Gasteiger partial charge < -0.3 is 4.90 Å². The number of nitro groups is 1. The Hall–Kier alpha value is -2.49. The highest BCUT2D eigenvalue weighted by Gasteiger charge is 2.28. The number of aryl methyl sites for hydroxylation is 1. The Morgan fingerprint density at radius 3 is 2.90 bits per heavy atom. The fourth-order valence-electron chi connectivity index (χ4n) is 2.45. The van der Waals surface area contributed by atoms with E-state index in [9.17, 15) is 19.3 Å². The maximum Gasteiger partial charge on any atom is 0.270 e. The van der Waals surface area contributed by atoms with E-state index < -0.39 is 16.6 Å². The summed E-state index contributed by atoms with van der Waals surface area (Å²) in [5, 5.41) is 19.8. The summed E-state index contributed by atoms with van der Waals surface area (Å²) in [4.78, 5) is 23.9. The first-order valence-corrected chi connectivity index (χ1v) is 6.57. The fourth-order valence-corrected chi connectivity index (χ4v) is 2.45. The van der Waals surface area contributed by atoms with Gasteiger partial charge in [-0.15, -0.1) is 0 Å². The van der Waals surface area contributed by atoms with Crippen molar-refractivity contribution < 1.29 is 14.1 Å². The highest BCUT2D eigenvalue weighted by Crippen LogP contribution is 2.24. The predicted octanol–water partition coefficient (Wildman–Crippen LogP) is 2.42. The number of piperidine rings is 1. The van der Waals surface area contributed by atoms with Crippen molar-refractivity contribution in [3.8, 4) is 6.07 Å². The molecule has 1 aromatic rings. The molecular formula is C14H14FN3O3. The fraction of sp³-hybridized carbons (Fsp3) is 0.429. The summed E-state index contributed by atoms with van der Waals surface area (Å²) in [5.41, 5.74) is -0.562. The highest BCUT2D eigenvalue weighted by molar-refractivity contribution is 5.95. The van der Waals surface area contributed by atoms with Gasteiger partial charge in [-0.3, -0.25) is 14.9 Å². The minimum absolute atomic E-state index is 0.0568. The Morgan fingerprint density at radius 1 is 1.57 bits per heavy atom. The normalized spacial score (nSPS) is 18.1. The topological polar surface area (TPSA) is 87.2 Å². The Balaban J connectivity index is 2.34. The van der Waals surface area contributed by atoms with Crippen molar-refractivity contribution in [3.05, 3.63) is 39.2 Å². The monoisotopic (exact) mass is 291 g/mol. The summed E-state index contributed by atoms with van der Waals surface area (Å²) in [6, 6.07) is 4.16. The van der Waals surface area contributed by atoms with Crippen molar-refractivity contribution in [1.29, 1.82) is 5.26 Å². The van der Waals surface area contributed by atoms with Gasteiger partial charge in [0.1, 0.15) is 5.82 Å². The molecule has 0 saturated carbocycles. The van der Waals surface area contributed by atoms with Crippen LogP contribution in [-0.4, -0.2) is 28.8 Å². The lowest BCUT2D eigenvalue weighted by Gasteiger charge is -2.29. The van der Waals surface area contributed by atoms with Crippen LogP contribution in [-0.2, 0) is 0 Å². The zero-order chi connectivity index (χ0) is 15.6. The maximum atomic E-state index is 14.1. The highest BCUT2D eigenvalue weighted by atomic mass is 19.1. The smallest absolute Gasteiger partial charge is 0.270 e. The van der Waals surface area contributed by atoms with Crippen LogP contribution in [0.2, 0.25) is 0 Å². The average Bonchev–Trinajstić information content (AvgIpc) is 2.49. The van der Waals surface area contributed by atoms with Crippen LogP contribution in [0.15, 0.2) is 12.1 Å². The second-order valence-electron chi connectivity index (χ2n) is 5.10. The lowest BCUT2D eigenvalue weighted by molar-refractivity contribution is -0.385. The minimum Gasteiger partial charge on any atom is -0.337 e. The van der Waals surface area contributed by atoms with Gasteiger partial charge in [0.2, 0.25) is 0 Å². The molecule has 7 heteroatoms. The molecule has 1 amide bonds. The molecule has 0 bridgehead atoms. The number of hydrogen-bond donors (Lipinski definition) is 0. The number of nitrogens with zero attached hydrogens (tertiary/aromatic N) is 3. The van der Waals surface area contributed by atoms with Gasteiger partial charge in [0, 0.05) is 25.2 Å². The summed E-state index contributed by atoms with van der Waals surface area (Å²) >= 11 is 0. The molecule has 1 saturated heterocycles. The molecule has 2 rings (SSSR count). The van der Waals surface area contributed by atoms with Crippen molar-refractivity contribution in [2.45, 2.75) is 19.8 Å². The number of benzene rings is 1. The molecule has 1 aliphatic rings. The molecule has 1 unspecified atom stereocenters. The SMILES string of the molecule is Cc1cc([N+](=O)[O-])cc(C(=O)N2CCCC(C#N)C2)c1F. The molecule has 6 nitrogen and oxygen atoms in total. The van der Waals surface area contributed by atoms with Crippen LogP contribution in [0.3, 0.4) is 0 Å². The van der Waals surface area contributed by atoms with Gasteiger partial charge in [-0.05, 0) is 25.3 Å². The molecule has 21 heavy (non-hydrogen) atoms. The van der Waals surface area contributed by atoms with Gasteiger partial charge >= 0.3 is 0 Å². The summed E-state index contributed by atoms with van der Waals surface area (Å²) in [6.45, 7) is 2.04. The summed E-state index contributed by atoms with van der Waals surface area (Å²) < 4.78 is 14.1. The lowest BCUT2D eigenvalue weighted by Crippen LogP contribution is -2.40. The number of likely N-dealkylation sites (tertiary alicyclic amines) is 1. The molecule has 1 aromatic carbocycles. The second kappa shape index (κ2) is 5.87. The number of nitro benzene ring substituents is 1. The molecule has 1 aliphatic heterocycles. The molecule has 1 heterocycles. The van der Waals surface area contributed by atoms with Gasteiger partial charge in [-0.25, -0.2) is 4.39 Å². The minimum atomic E-state index is -0.746. The van der Waals surface area contributed by atoms with E-state index in [1.54, 1.807) is 0 Å². The van der Waals surface area contributed by atoms with Crippen LogP contribution in [0.25, 0.3) is 0 Å². The second-order valence-corrected chi connectivity index (χ2v) is 5.10. The van der Waals surface area contributed by atoms with Crippen LogP contribution >= 0.6 is 0 Å². The number of amides is 1. The molecule has 0 N–H and O–H groups in total. The van der Waals surface area contributed by atoms with E-state index in [0.29, 0.717) is 19.4 Å². The van der Waals surface area contributed by atoms with E-state index in [4.69, 9.17) is 5.26 Å². The Labute approximate surface area is 120 Å². The molecular weight excluding hydrogens is 277 g/mol. The van der Waals surface area contributed by atoms with E-state index in [-0.39, 0.29) is 29.3 Å². The average molecular weight is 291 g/mol. The molecule has 0 aromatic heterocycles. The third kappa shape index (κ3) is 2.99. The first-order valence-electron chi connectivity index (χ1n) is 6.57. The number of halogens is 1. The van der Waals surface area contributed by atoms with Gasteiger partial charge in [-0.1, -0.05) is 0 Å². The van der Waals surface area contributed by atoms with Crippen molar-refractivity contribution in [2.24, 2.45) is 5.92 Å². The first kappa shape index (κ1) is 14.9. The number of nitriles is 1. The Morgan fingerprint density at radius 2 is 2.29 bits per heavy atom. The van der Waals surface area contributed by atoms with Crippen molar-refractivity contribution in [3.63, 3.8) is 0 Å². The van der Waals surface area contributed by atoms with Gasteiger partial charge in [-0.2, -0.15) is 5.26 Å². The standard InChI is InChI=1S/C14H14FN3O3/c1-9-5-11(18(20)21)6-12(13(9)15)14(19)17-4-2-3-10(7-16)8-17/h5-6,10H,2-4,8H2,1H3. The lowest BCUT2D eigenvalue weighted by atomic mass is 9.98. The van der Waals surface area contributed by atoms with E-state index >= 15 is 0 Å². The quantitative estimate of drug-likeness (QED) is 0.618. The summed E-state index contributed by atoms with van der Waals surface area (Å²) in [7, 11) is 0. The van der Waals surface area contributed by atoms with Crippen molar-refractivity contribution in [2.75, 3.05) is 13.1 Å². The maximum absolute atomic E-state index is 14.1. The predicted molar refractivity (Wildman–Crippen MR) is 72.0 cm³/mol. The van der Waals surface area contributed by atoms with Gasteiger partial charge in [0.25, 0.3) is 11.6 Å².